The van der Waals surface area contributed by atoms with Crippen LogP contribution in [0.2, 0.25) is 0 Å². The predicted molar refractivity (Wildman–Crippen MR) is 80.2 cm³/mol. The fraction of sp³-hybridized carbons (Fsp3) is 0.333. The molecule has 1 aliphatic rings. The summed E-state index contributed by atoms with van der Waals surface area (Å²) < 4.78 is 27.2. The molecular weight excluding hydrogens is 268 g/mol. The summed E-state index contributed by atoms with van der Waals surface area (Å²) in [7, 11) is 0. The van der Waals surface area contributed by atoms with Crippen molar-refractivity contribution in [2.45, 2.75) is 18.8 Å². The van der Waals surface area contributed by atoms with E-state index in [9.17, 15) is 8.78 Å². The molecule has 110 valence electrons. The molecule has 0 saturated carbocycles. The summed E-state index contributed by atoms with van der Waals surface area (Å²) in [5, 5.41) is 3.35. The highest BCUT2D eigenvalue weighted by molar-refractivity contribution is 5.34. The van der Waals surface area contributed by atoms with Crippen molar-refractivity contribution < 1.29 is 8.78 Å². The highest BCUT2D eigenvalue weighted by atomic mass is 19.1. The van der Waals surface area contributed by atoms with Gasteiger partial charge in [-0.05, 0) is 67.2 Å². The standard InChI is InChI=1S/C18H19F2N/c19-16-5-1-3-14(11-16)18(13-7-9-21-10-8-13)15-4-2-6-17(20)12-15/h1-6,11-13,18,21H,7-10H2. The lowest BCUT2D eigenvalue weighted by Gasteiger charge is -2.31. The summed E-state index contributed by atoms with van der Waals surface area (Å²) in [5.74, 6) is -0.000903. The van der Waals surface area contributed by atoms with E-state index in [2.05, 4.69) is 5.32 Å². The molecule has 1 fully saturated rings. The quantitative estimate of drug-likeness (QED) is 0.896. The molecule has 0 radical (unpaired) electrons. The Hall–Kier alpha value is -1.74. The van der Waals surface area contributed by atoms with E-state index in [4.69, 9.17) is 0 Å². The Morgan fingerprint density at radius 3 is 1.86 bits per heavy atom. The van der Waals surface area contributed by atoms with Gasteiger partial charge in [0.2, 0.25) is 0 Å². The van der Waals surface area contributed by atoms with Crippen LogP contribution in [0.1, 0.15) is 29.9 Å². The van der Waals surface area contributed by atoms with E-state index in [0.717, 1.165) is 37.1 Å². The maximum Gasteiger partial charge on any atom is 0.123 e. The fourth-order valence-corrected chi connectivity index (χ4v) is 3.31. The van der Waals surface area contributed by atoms with Crippen LogP contribution in [0.4, 0.5) is 8.78 Å². The zero-order valence-electron chi connectivity index (χ0n) is 11.9. The fourth-order valence-electron chi connectivity index (χ4n) is 3.31. The Bertz CT molecular complexity index is 560. The molecule has 0 unspecified atom stereocenters. The second-order valence-corrected chi connectivity index (χ2v) is 5.68. The number of hydrogen-bond donors (Lipinski definition) is 1. The van der Waals surface area contributed by atoms with Gasteiger partial charge in [-0.25, -0.2) is 8.78 Å². The lowest BCUT2D eigenvalue weighted by Crippen LogP contribution is -2.31. The van der Waals surface area contributed by atoms with Gasteiger partial charge < -0.3 is 5.32 Å². The van der Waals surface area contributed by atoms with Crippen LogP contribution in [0.5, 0.6) is 0 Å². The Morgan fingerprint density at radius 1 is 0.857 bits per heavy atom. The molecule has 2 aromatic carbocycles. The third-order valence-corrected chi connectivity index (χ3v) is 4.27. The van der Waals surface area contributed by atoms with E-state index in [0.29, 0.717) is 5.92 Å². The van der Waals surface area contributed by atoms with Crippen molar-refractivity contribution >= 4 is 0 Å². The molecule has 3 heteroatoms. The van der Waals surface area contributed by atoms with Crippen LogP contribution in [0.25, 0.3) is 0 Å². The minimum absolute atomic E-state index is 0.0542. The molecule has 1 nitrogen and oxygen atoms in total. The molecule has 1 aliphatic heterocycles. The maximum atomic E-state index is 13.6. The lowest BCUT2D eigenvalue weighted by molar-refractivity contribution is 0.341. The normalized spacial score (nSPS) is 16.3. The van der Waals surface area contributed by atoms with Crippen molar-refractivity contribution in [1.29, 1.82) is 0 Å². The smallest absolute Gasteiger partial charge is 0.123 e. The Kier molecular flexibility index (Phi) is 4.30. The third-order valence-electron chi connectivity index (χ3n) is 4.27. The molecular formula is C18H19F2N. The summed E-state index contributed by atoms with van der Waals surface area (Å²) >= 11 is 0. The van der Waals surface area contributed by atoms with Gasteiger partial charge in [0.1, 0.15) is 11.6 Å². The summed E-state index contributed by atoms with van der Waals surface area (Å²) in [6, 6.07) is 13.4. The van der Waals surface area contributed by atoms with Crippen molar-refractivity contribution in [2.75, 3.05) is 13.1 Å². The first-order valence-electron chi connectivity index (χ1n) is 7.45. The van der Waals surface area contributed by atoms with Crippen molar-refractivity contribution in [3.8, 4) is 0 Å². The van der Waals surface area contributed by atoms with E-state index in [-0.39, 0.29) is 17.6 Å². The van der Waals surface area contributed by atoms with E-state index in [1.807, 2.05) is 12.1 Å². The first-order valence-corrected chi connectivity index (χ1v) is 7.45. The second kappa shape index (κ2) is 6.35. The van der Waals surface area contributed by atoms with E-state index >= 15 is 0 Å². The molecule has 0 aromatic heterocycles. The SMILES string of the molecule is Fc1cccc(C(c2cccc(F)c2)C2CCNCC2)c1. The van der Waals surface area contributed by atoms with Crippen molar-refractivity contribution in [2.24, 2.45) is 5.92 Å². The molecule has 2 aromatic rings. The average Bonchev–Trinajstić information content (AvgIpc) is 2.49. The van der Waals surface area contributed by atoms with Gasteiger partial charge in [0.05, 0.1) is 0 Å². The summed E-state index contributed by atoms with van der Waals surface area (Å²) in [6.07, 6.45) is 2.05. The summed E-state index contributed by atoms with van der Waals surface area (Å²) in [5.41, 5.74) is 1.88. The molecule has 0 aliphatic carbocycles. The van der Waals surface area contributed by atoms with E-state index in [1.54, 1.807) is 24.3 Å². The van der Waals surface area contributed by atoms with Crippen LogP contribution < -0.4 is 5.32 Å². The molecule has 0 amide bonds. The average molecular weight is 287 g/mol. The van der Waals surface area contributed by atoms with Crippen LogP contribution >= 0.6 is 0 Å². The molecule has 0 atom stereocenters. The third kappa shape index (κ3) is 3.30. The predicted octanol–water partition coefficient (Wildman–Crippen LogP) is 4.10. The molecule has 1 saturated heterocycles. The zero-order valence-corrected chi connectivity index (χ0v) is 11.9. The van der Waals surface area contributed by atoms with Crippen molar-refractivity contribution in [3.05, 3.63) is 71.3 Å². The number of rotatable bonds is 3. The van der Waals surface area contributed by atoms with Crippen LogP contribution in [0.15, 0.2) is 48.5 Å². The molecule has 0 spiro atoms. The zero-order chi connectivity index (χ0) is 14.7. The largest absolute Gasteiger partial charge is 0.317 e. The lowest BCUT2D eigenvalue weighted by atomic mass is 9.76. The number of benzene rings is 2. The summed E-state index contributed by atoms with van der Waals surface area (Å²) in [4.78, 5) is 0. The molecule has 1 heterocycles. The molecule has 21 heavy (non-hydrogen) atoms. The van der Waals surface area contributed by atoms with Crippen molar-refractivity contribution in [1.82, 2.24) is 5.32 Å². The molecule has 3 rings (SSSR count). The number of nitrogens with one attached hydrogen (secondary N) is 1. The van der Waals surface area contributed by atoms with Crippen LogP contribution in [0, 0.1) is 17.6 Å². The Balaban J connectivity index is 2.01. The highest BCUT2D eigenvalue weighted by Gasteiger charge is 2.27. The number of halogens is 2. The first kappa shape index (κ1) is 14.2. The van der Waals surface area contributed by atoms with Gasteiger partial charge in [-0.15, -0.1) is 0 Å². The number of hydrogen-bond acceptors (Lipinski definition) is 1. The highest BCUT2D eigenvalue weighted by Crippen LogP contribution is 2.37. The van der Waals surface area contributed by atoms with Gasteiger partial charge in [0, 0.05) is 5.92 Å². The van der Waals surface area contributed by atoms with Gasteiger partial charge in [-0.3, -0.25) is 0 Å². The topological polar surface area (TPSA) is 12.0 Å². The van der Waals surface area contributed by atoms with Crippen LogP contribution in [0.3, 0.4) is 0 Å². The van der Waals surface area contributed by atoms with Gasteiger partial charge in [0.15, 0.2) is 0 Å². The molecule has 1 N–H and O–H groups in total. The monoisotopic (exact) mass is 287 g/mol. The van der Waals surface area contributed by atoms with Crippen molar-refractivity contribution in [3.63, 3.8) is 0 Å². The molecule has 0 bridgehead atoms. The Labute approximate surface area is 124 Å². The van der Waals surface area contributed by atoms with Gasteiger partial charge in [-0.1, -0.05) is 24.3 Å². The van der Waals surface area contributed by atoms with Gasteiger partial charge in [-0.2, -0.15) is 0 Å². The minimum atomic E-state index is -0.233. The summed E-state index contributed by atoms with van der Waals surface area (Å²) in [6.45, 7) is 1.93. The maximum absolute atomic E-state index is 13.6. The second-order valence-electron chi connectivity index (χ2n) is 5.68. The van der Waals surface area contributed by atoms with Gasteiger partial charge >= 0.3 is 0 Å². The van der Waals surface area contributed by atoms with E-state index < -0.39 is 0 Å². The van der Waals surface area contributed by atoms with E-state index in [1.165, 1.54) is 12.1 Å². The minimum Gasteiger partial charge on any atom is -0.317 e. The number of piperidine rings is 1. The van der Waals surface area contributed by atoms with Crippen LogP contribution in [-0.2, 0) is 0 Å². The van der Waals surface area contributed by atoms with Crippen LogP contribution in [-0.4, -0.2) is 13.1 Å². The van der Waals surface area contributed by atoms with Gasteiger partial charge in [0.25, 0.3) is 0 Å². The Morgan fingerprint density at radius 2 is 1.38 bits per heavy atom. The first-order chi connectivity index (χ1) is 10.2.